The summed E-state index contributed by atoms with van der Waals surface area (Å²) in [5.74, 6) is -0.370. The van der Waals surface area contributed by atoms with Crippen molar-refractivity contribution < 1.29 is 4.79 Å². The van der Waals surface area contributed by atoms with Gasteiger partial charge in [-0.1, -0.05) is 0 Å². The van der Waals surface area contributed by atoms with Crippen molar-refractivity contribution in [2.24, 2.45) is 0 Å². The summed E-state index contributed by atoms with van der Waals surface area (Å²) in [5.41, 5.74) is 1.65. The Morgan fingerprint density at radius 3 is 2.89 bits per heavy atom. The topological polar surface area (TPSA) is 79.8 Å². The van der Waals surface area contributed by atoms with Crippen molar-refractivity contribution >= 4 is 5.91 Å². The van der Waals surface area contributed by atoms with E-state index in [9.17, 15) is 9.59 Å². The minimum Gasteiger partial charge on any atom is -0.364 e. The van der Waals surface area contributed by atoms with Crippen LogP contribution in [0.25, 0.3) is 0 Å². The molecular formula is C13H16N4O2. The zero-order valence-electron chi connectivity index (χ0n) is 10.9. The van der Waals surface area contributed by atoms with Crippen LogP contribution in [-0.2, 0) is 6.54 Å². The molecule has 0 atom stereocenters. The minimum absolute atomic E-state index is 0.127. The second kappa shape index (κ2) is 5.51. The molecule has 0 fully saturated rings. The first-order valence-corrected chi connectivity index (χ1v) is 6.03. The number of hydrogen-bond donors (Lipinski definition) is 2. The second-order valence-electron chi connectivity index (χ2n) is 4.43. The number of H-pyrrole nitrogens is 1. The van der Waals surface area contributed by atoms with Gasteiger partial charge >= 0.3 is 0 Å². The molecule has 2 heterocycles. The zero-order valence-corrected chi connectivity index (χ0v) is 10.9. The number of pyridine rings is 1. The molecule has 0 aliphatic rings. The Hall–Kier alpha value is -2.37. The van der Waals surface area contributed by atoms with Crippen molar-refractivity contribution in [2.45, 2.75) is 20.4 Å². The number of amides is 1. The van der Waals surface area contributed by atoms with E-state index in [1.807, 2.05) is 13.1 Å². The van der Waals surface area contributed by atoms with E-state index in [1.54, 1.807) is 17.8 Å². The smallest absolute Gasteiger partial charge is 0.256 e. The van der Waals surface area contributed by atoms with Gasteiger partial charge in [-0.05, 0) is 19.4 Å². The summed E-state index contributed by atoms with van der Waals surface area (Å²) in [7, 11) is 0. The fraction of sp³-hybridized carbons (Fsp3) is 0.308. The van der Waals surface area contributed by atoms with Crippen LogP contribution >= 0.6 is 0 Å². The third kappa shape index (κ3) is 3.31. The molecule has 1 amide bonds. The number of nitrogens with zero attached hydrogens (tertiary/aromatic N) is 2. The summed E-state index contributed by atoms with van der Waals surface area (Å²) < 4.78 is 1.75. The Kier molecular flexibility index (Phi) is 3.79. The van der Waals surface area contributed by atoms with Crippen molar-refractivity contribution in [3.63, 3.8) is 0 Å². The molecule has 6 heteroatoms. The van der Waals surface area contributed by atoms with Crippen LogP contribution in [0.2, 0.25) is 0 Å². The van der Waals surface area contributed by atoms with E-state index in [0.717, 1.165) is 11.3 Å². The summed E-state index contributed by atoms with van der Waals surface area (Å²) in [5, 5.41) is 6.81. The summed E-state index contributed by atoms with van der Waals surface area (Å²) >= 11 is 0. The number of carbonyl (C=O) groups excluding carboxylic acids is 1. The van der Waals surface area contributed by atoms with Crippen LogP contribution < -0.4 is 10.7 Å². The summed E-state index contributed by atoms with van der Waals surface area (Å²) in [4.78, 5) is 26.3. The quantitative estimate of drug-likeness (QED) is 0.845. The lowest BCUT2D eigenvalue weighted by atomic mass is 10.2. The Morgan fingerprint density at radius 1 is 1.47 bits per heavy atom. The number of aromatic nitrogens is 3. The molecule has 2 rings (SSSR count). The molecule has 0 aliphatic heterocycles. The van der Waals surface area contributed by atoms with Gasteiger partial charge in [-0.2, -0.15) is 5.10 Å². The van der Waals surface area contributed by atoms with Gasteiger partial charge in [0, 0.05) is 30.7 Å². The van der Waals surface area contributed by atoms with Gasteiger partial charge in [0.2, 0.25) is 0 Å². The third-order valence-corrected chi connectivity index (χ3v) is 2.69. The van der Waals surface area contributed by atoms with E-state index < -0.39 is 0 Å². The van der Waals surface area contributed by atoms with Crippen LogP contribution in [0.1, 0.15) is 21.6 Å². The van der Waals surface area contributed by atoms with Crippen molar-refractivity contribution in [2.75, 3.05) is 6.54 Å². The summed E-state index contributed by atoms with van der Waals surface area (Å²) in [6, 6.07) is 1.41. The third-order valence-electron chi connectivity index (χ3n) is 2.69. The molecule has 19 heavy (non-hydrogen) atoms. The standard InChI is InChI=1S/C13H16N4O2/c1-9-6-16-17(8-9)4-3-14-13(19)11-7-15-10(2)5-12(11)18/h5-8H,3-4H2,1-2H3,(H,14,19)(H,15,18). The zero-order chi connectivity index (χ0) is 13.8. The number of aryl methyl sites for hydroxylation is 2. The van der Waals surface area contributed by atoms with Gasteiger partial charge in [0.05, 0.1) is 12.7 Å². The average Bonchev–Trinajstić information content (AvgIpc) is 2.75. The van der Waals surface area contributed by atoms with Crippen LogP contribution in [0.15, 0.2) is 29.5 Å². The molecule has 0 saturated heterocycles. The summed E-state index contributed by atoms with van der Waals surface area (Å²) in [6.45, 7) is 4.72. The van der Waals surface area contributed by atoms with Crippen molar-refractivity contribution in [1.29, 1.82) is 0 Å². The van der Waals surface area contributed by atoms with Crippen LogP contribution in [0.4, 0.5) is 0 Å². The number of carbonyl (C=O) groups is 1. The molecule has 0 saturated carbocycles. The van der Waals surface area contributed by atoms with E-state index in [-0.39, 0.29) is 16.9 Å². The Labute approximate surface area is 110 Å². The Morgan fingerprint density at radius 2 is 2.26 bits per heavy atom. The maximum atomic E-state index is 11.8. The molecule has 6 nitrogen and oxygen atoms in total. The highest BCUT2D eigenvalue weighted by molar-refractivity contribution is 5.93. The number of aromatic amines is 1. The van der Waals surface area contributed by atoms with Crippen molar-refractivity contribution in [3.8, 4) is 0 Å². The predicted molar refractivity (Wildman–Crippen MR) is 71.1 cm³/mol. The molecule has 0 unspecified atom stereocenters. The monoisotopic (exact) mass is 260 g/mol. The van der Waals surface area contributed by atoms with Gasteiger partial charge in [-0.3, -0.25) is 14.3 Å². The van der Waals surface area contributed by atoms with Gasteiger partial charge in [0.15, 0.2) is 5.43 Å². The molecule has 0 aliphatic carbocycles. The van der Waals surface area contributed by atoms with Crippen LogP contribution in [0, 0.1) is 13.8 Å². The predicted octanol–water partition coefficient (Wildman–Crippen LogP) is 0.618. The number of rotatable bonds is 4. The van der Waals surface area contributed by atoms with Crippen molar-refractivity contribution in [3.05, 3.63) is 51.7 Å². The van der Waals surface area contributed by atoms with Crippen LogP contribution in [-0.4, -0.2) is 27.2 Å². The van der Waals surface area contributed by atoms with Crippen LogP contribution in [0.3, 0.4) is 0 Å². The van der Waals surface area contributed by atoms with E-state index >= 15 is 0 Å². The Bertz CT molecular complexity index is 642. The largest absolute Gasteiger partial charge is 0.364 e. The van der Waals surface area contributed by atoms with Gasteiger partial charge in [-0.15, -0.1) is 0 Å². The van der Waals surface area contributed by atoms with Gasteiger partial charge < -0.3 is 10.3 Å². The highest BCUT2D eigenvalue weighted by atomic mass is 16.2. The lowest BCUT2D eigenvalue weighted by Gasteiger charge is -2.05. The maximum Gasteiger partial charge on any atom is 0.256 e. The van der Waals surface area contributed by atoms with Gasteiger partial charge in [0.25, 0.3) is 5.91 Å². The lowest BCUT2D eigenvalue weighted by molar-refractivity contribution is 0.0950. The van der Waals surface area contributed by atoms with E-state index in [4.69, 9.17) is 0 Å². The normalized spacial score (nSPS) is 10.4. The molecule has 0 spiro atoms. The fourth-order valence-corrected chi connectivity index (χ4v) is 1.72. The first-order valence-electron chi connectivity index (χ1n) is 6.03. The SMILES string of the molecule is Cc1cnn(CCNC(=O)c2c[nH]c(C)cc2=O)c1. The number of hydrogen-bond acceptors (Lipinski definition) is 3. The number of nitrogens with one attached hydrogen (secondary N) is 2. The second-order valence-corrected chi connectivity index (χ2v) is 4.43. The van der Waals surface area contributed by atoms with Crippen LogP contribution in [0.5, 0.6) is 0 Å². The van der Waals surface area contributed by atoms with Gasteiger partial charge in [0.1, 0.15) is 5.56 Å². The highest BCUT2D eigenvalue weighted by Crippen LogP contribution is 1.94. The maximum absolute atomic E-state index is 11.8. The molecule has 0 bridgehead atoms. The fourth-order valence-electron chi connectivity index (χ4n) is 1.72. The molecule has 2 aromatic rings. The van der Waals surface area contributed by atoms with Crippen molar-refractivity contribution in [1.82, 2.24) is 20.1 Å². The molecular weight excluding hydrogens is 244 g/mol. The minimum atomic E-state index is -0.370. The summed E-state index contributed by atoms with van der Waals surface area (Å²) in [6.07, 6.45) is 5.09. The molecule has 0 aromatic carbocycles. The van der Waals surface area contributed by atoms with E-state index in [0.29, 0.717) is 13.1 Å². The van der Waals surface area contributed by atoms with Gasteiger partial charge in [-0.25, -0.2) is 0 Å². The first kappa shape index (κ1) is 13.1. The van der Waals surface area contributed by atoms with E-state index in [1.165, 1.54) is 12.3 Å². The Balaban J connectivity index is 1.92. The average molecular weight is 260 g/mol. The molecule has 100 valence electrons. The molecule has 2 aromatic heterocycles. The lowest BCUT2D eigenvalue weighted by Crippen LogP contribution is -2.31. The molecule has 2 N–H and O–H groups in total. The van der Waals surface area contributed by atoms with E-state index in [2.05, 4.69) is 15.4 Å². The highest BCUT2D eigenvalue weighted by Gasteiger charge is 2.09. The first-order chi connectivity index (χ1) is 9.06. The molecule has 0 radical (unpaired) electrons.